The molecule has 1 N–H and O–H groups in total. The summed E-state index contributed by atoms with van der Waals surface area (Å²) in [7, 11) is 2.08. The summed E-state index contributed by atoms with van der Waals surface area (Å²) in [6.07, 6.45) is 1.12. The lowest BCUT2D eigenvalue weighted by molar-refractivity contribution is 0.310. The van der Waals surface area contributed by atoms with Gasteiger partial charge in [0.25, 0.3) is 0 Å². The standard InChI is InChI=1S/C16H23NS/c1-11(2)12(3)15(17-4)9-13-10-18-16-8-6-5-7-14(13)16/h5-8,10-12,15,17H,9H2,1-4H3. The van der Waals surface area contributed by atoms with E-state index in [2.05, 4.69) is 62.8 Å². The molecule has 2 unspecified atom stereocenters. The fourth-order valence-corrected chi connectivity index (χ4v) is 3.42. The van der Waals surface area contributed by atoms with Gasteiger partial charge in [0.2, 0.25) is 0 Å². The van der Waals surface area contributed by atoms with Gasteiger partial charge in [-0.3, -0.25) is 0 Å². The lowest BCUT2D eigenvalue weighted by Gasteiger charge is -2.26. The maximum atomic E-state index is 3.49. The number of benzene rings is 1. The third kappa shape index (κ3) is 2.76. The monoisotopic (exact) mass is 261 g/mol. The summed E-state index contributed by atoms with van der Waals surface area (Å²) >= 11 is 1.86. The Hall–Kier alpha value is -0.860. The van der Waals surface area contributed by atoms with Crippen LogP contribution in [0.25, 0.3) is 10.1 Å². The molecule has 2 atom stereocenters. The van der Waals surface area contributed by atoms with E-state index in [1.54, 1.807) is 0 Å². The van der Waals surface area contributed by atoms with E-state index in [-0.39, 0.29) is 0 Å². The predicted octanol–water partition coefficient (Wildman–Crippen LogP) is 4.32. The molecule has 0 aliphatic rings. The molecule has 0 saturated heterocycles. The molecule has 0 aliphatic heterocycles. The summed E-state index contributed by atoms with van der Waals surface area (Å²) in [6, 6.07) is 9.27. The van der Waals surface area contributed by atoms with E-state index in [1.165, 1.54) is 15.6 Å². The Bertz CT molecular complexity index is 501. The van der Waals surface area contributed by atoms with E-state index >= 15 is 0 Å². The molecule has 0 bridgehead atoms. The molecule has 2 aromatic rings. The van der Waals surface area contributed by atoms with Crippen LogP contribution in [0.5, 0.6) is 0 Å². The number of fused-ring (bicyclic) bond motifs is 1. The zero-order chi connectivity index (χ0) is 13.1. The first-order valence-electron chi connectivity index (χ1n) is 6.76. The fraction of sp³-hybridized carbons (Fsp3) is 0.500. The van der Waals surface area contributed by atoms with Crippen LogP contribution in [0, 0.1) is 11.8 Å². The second kappa shape index (κ2) is 5.85. The van der Waals surface area contributed by atoms with Crippen LogP contribution in [-0.4, -0.2) is 13.1 Å². The molecule has 0 fully saturated rings. The largest absolute Gasteiger partial charge is 0.316 e. The minimum Gasteiger partial charge on any atom is -0.316 e. The van der Waals surface area contributed by atoms with E-state index in [4.69, 9.17) is 0 Å². The molecule has 0 amide bonds. The van der Waals surface area contributed by atoms with Crippen molar-refractivity contribution in [3.8, 4) is 0 Å². The van der Waals surface area contributed by atoms with Gasteiger partial charge in [-0.1, -0.05) is 39.0 Å². The van der Waals surface area contributed by atoms with Crippen molar-refractivity contribution < 1.29 is 0 Å². The van der Waals surface area contributed by atoms with Crippen molar-refractivity contribution in [3.05, 3.63) is 35.2 Å². The molecule has 18 heavy (non-hydrogen) atoms. The van der Waals surface area contributed by atoms with Crippen LogP contribution in [0.15, 0.2) is 29.6 Å². The third-order valence-corrected chi connectivity index (χ3v) is 5.07. The smallest absolute Gasteiger partial charge is 0.0345 e. The number of thiophene rings is 1. The maximum absolute atomic E-state index is 3.49. The minimum atomic E-state index is 0.558. The quantitative estimate of drug-likeness (QED) is 0.845. The highest BCUT2D eigenvalue weighted by atomic mass is 32.1. The van der Waals surface area contributed by atoms with Crippen molar-refractivity contribution >= 4 is 21.4 Å². The average Bonchev–Trinajstić information content (AvgIpc) is 2.78. The Morgan fingerprint density at radius 1 is 1.17 bits per heavy atom. The van der Waals surface area contributed by atoms with Gasteiger partial charge in [0.05, 0.1) is 0 Å². The summed E-state index contributed by atoms with van der Waals surface area (Å²) in [4.78, 5) is 0. The third-order valence-electron chi connectivity index (χ3n) is 4.06. The summed E-state index contributed by atoms with van der Waals surface area (Å²) in [6.45, 7) is 6.96. The van der Waals surface area contributed by atoms with Crippen LogP contribution in [0.4, 0.5) is 0 Å². The highest BCUT2D eigenvalue weighted by Gasteiger charge is 2.20. The highest BCUT2D eigenvalue weighted by Crippen LogP contribution is 2.28. The molecule has 2 heteroatoms. The van der Waals surface area contributed by atoms with Crippen LogP contribution in [0.1, 0.15) is 26.3 Å². The van der Waals surface area contributed by atoms with Gasteiger partial charge in [0.1, 0.15) is 0 Å². The van der Waals surface area contributed by atoms with Gasteiger partial charge in [-0.15, -0.1) is 11.3 Å². The Morgan fingerprint density at radius 2 is 1.89 bits per heavy atom. The molecule has 1 aromatic carbocycles. The van der Waals surface area contributed by atoms with Crippen LogP contribution in [0.2, 0.25) is 0 Å². The molecular weight excluding hydrogens is 238 g/mol. The van der Waals surface area contributed by atoms with Gasteiger partial charge in [0, 0.05) is 10.7 Å². The molecule has 2 rings (SSSR count). The molecular formula is C16H23NS. The van der Waals surface area contributed by atoms with Gasteiger partial charge < -0.3 is 5.32 Å². The van der Waals surface area contributed by atoms with Crippen molar-refractivity contribution in [1.29, 1.82) is 0 Å². The maximum Gasteiger partial charge on any atom is 0.0345 e. The van der Waals surface area contributed by atoms with Crippen molar-refractivity contribution in [1.82, 2.24) is 5.32 Å². The number of rotatable bonds is 5. The summed E-state index contributed by atoms with van der Waals surface area (Å²) in [5.41, 5.74) is 1.49. The van der Waals surface area contributed by atoms with Gasteiger partial charge >= 0.3 is 0 Å². The Balaban J connectivity index is 2.21. The molecule has 0 saturated carbocycles. The second-order valence-electron chi connectivity index (χ2n) is 5.46. The van der Waals surface area contributed by atoms with Gasteiger partial charge in [-0.2, -0.15) is 0 Å². The number of hydrogen-bond donors (Lipinski definition) is 1. The first-order chi connectivity index (χ1) is 8.63. The van der Waals surface area contributed by atoms with Crippen LogP contribution >= 0.6 is 11.3 Å². The van der Waals surface area contributed by atoms with E-state index in [9.17, 15) is 0 Å². The fourth-order valence-electron chi connectivity index (χ4n) is 2.44. The summed E-state index contributed by atoms with van der Waals surface area (Å²) in [5.74, 6) is 1.40. The number of likely N-dealkylation sites (N-methyl/N-ethyl adjacent to an activating group) is 1. The Kier molecular flexibility index (Phi) is 4.41. The van der Waals surface area contributed by atoms with Crippen molar-refractivity contribution in [3.63, 3.8) is 0 Å². The normalized spacial score (nSPS) is 15.2. The molecule has 0 radical (unpaired) electrons. The van der Waals surface area contributed by atoms with Gasteiger partial charge in [0.15, 0.2) is 0 Å². The van der Waals surface area contributed by atoms with E-state index in [1.807, 2.05) is 11.3 Å². The van der Waals surface area contributed by atoms with Crippen LogP contribution in [0.3, 0.4) is 0 Å². The van der Waals surface area contributed by atoms with E-state index in [0.29, 0.717) is 17.9 Å². The number of nitrogens with one attached hydrogen (secondary N) is 1. The molecule has 0 aliphatic carbocycles. The average molecular weight is 261 g/mol. The van der Waals surface area contributed by atoms with Crippen molar-refractivity contribution in [2.45, 2.75) is 33.2 Å². The molecule has 1 nitrogen and oxygen atoms in total. The molecule has 98 valence electrons. The lowest BCUT2D eigenvalue weighted by Crippen LogP contribution is -2.36. The molecule has 1 aromatic heterocycles. The minimum absolute atomic E-state index is 0.558. The number of hydrogen-bond acceptors (Lipinski definition) is 2. The zero-order valence-corrected chi connectivity index (χ0v) is 12.6. The van der Waals surface area contributed by atoms with E-state index < -0.39 is 0 Å². The van der Waals surface area contributed by atoms with E-state index in [0.717, 1.165) is 6.42 Å². The summed E-state index contributed by atoms with van der Waals surface area (Å²) < 4.78 is 1.40. The highest BCUT2D eigenvalue weighted by molar-refractivity contribution is 7.17. The van der Waals surface area contributed by atoms with Crippen molar-refractivity contribution in [2.24, 2.45) is 11.8 Å². The van der Waals surface area contributed by atoms with Gasteiger partial charge in [-0.05, 0) is 47.7 Å². The SMILES string of the molecule is CNC(Cc1csc2ccccc12)C(C)C(C)C. The zero-order valence-electron chi connectivity index (χ0n) is 11.7. The van der Waals surface area contributed by atoms with Crippen molar-refractivity contribution in [2.75, 3.05) is 7.05 Å². The topological polar surface area (TPSA) is 12.0 Å². The first-order valence-corrected chi connectivity index (χ1v) is 7.63. The lowest BCUT2D eigenvalue weighted by atomic mass is 9.86. The van der Waals surface area contributed by atoms with Crippen LogP contribution in [-0.2, 0) is 6.42 Å². The summed E-state index contributed by atoms with van der Waals surface area (Å²) in [5, 5.41) is 7.24. The Morgan fingerprint density at radius 3 is 2.56 bits per heavy atom. The first kappa shape index (κ1) is 13.6. The van der Waals surface area contributed by atoms with Gasteiger partial charge in [-0.25, -0.2) is 0 Å². The molecule has 1 heterocycles. The Labute approximate surface area is 114 Å². The predicted molar refractivity (Wildman–Crippen MR) is 82.4 cm³/mol. The molecule has 0 spiro atoms. The second-order valence-corrected chi connectivity index (χ2v) is 6.37. The van der Waals surface area contributed by atoms with Crippen LogP contribution < -0.4 is 5.32 Å².